The van der Waals surface area contributed by atoms with E-state index in [1.54, 1.807) is 16.7 Å². The number of para-hydroxylation sites is 1. The lowest BCUT2D eigenvalue weighted by Crippen LogP contribution is -2.48. The molecule has 2 aromatic rings. The zero-order valence-corrected chi connectivity index (χ0v) is 18.4. The van der Waals surface area contributed by atoms with Crippen LogP contribution in [0.4, 0.5) is 0 Å². The van der Waals surface area contributed by atoms with Crippen molar-refractivity contribution in [3.63, 3.8) is 0 Å². The SMILES string of the molecule is CCOC(=O)c1cc(OCC(=O)N2CCC[C@H]2C(=O)N(C)C2CC2)n(-c2ccccc2)n1. The Morgan fingerprint density at radius 1 is 1.16 bits per heavy atom. The first-order valence-electron chi connectivity index (χ1n) is 11.0. The molecule has 0 N–H and O–H groups in total. The van der Waals surface area contributed by atoms with Crippen molar-refractivity contribution in [1.29, 1.82) is 0 Å². The highest BCUT2D eigenvalue weighted by molar-refractivity contribution is 5.89. The smallest absolute Gasteiger partial charge is 0.358 e. The van der Waals surface area contributed by atoms with Gasteiger partial charge in [-0.1, -0.05) is 18.2 Å². The van der Waals surface area contributed by atoms with E-state index in [1.165, 1.54) is 10.7 Å². The van der Waals surface area contributed by atoms with Crippen molar-refractivity contribution in [3.8, 4) is 11.6 Å². The fourth-order valence-electron chi connectivity index (χ4n) is 3.94. The molecular weight excluding hydrogens is 412 g/mol. The van der Waals surface area contributed by atoms with Gasteiger partial charge in [0.05, 0.1) is 12.3 Å². The number of rotatable bonds is 8. The Labute approximate surface area is 186 Å². The maximum absolute atomic E-state index is 12.9. The van der Waals surface area contributed by atoms with Crippen molar-refractivity contribution in [2.45, 2.75) is 44.7 Å². The number of benzene rings is 1. The molecule has 1 saturated heterocycles. The third-order valence-electron chi connectivity index (χ3n) is 5.81. The molecule has 0 spiro atoms. The zero-order valence-electron chi connectivity index (χ0n) is 18.4. The maximum Gasteiger partial charge on any atom is 0.358 e. The van der Waals surface area contributed by atoms with E-state index >= 15 is 0 Å². The van der Waals surface area contributed by atoms with Crippen LogP contribution in [0, 0.1) is 0 Å². The highest BCUT2D eigenvalue weighted by Crippen LogP contribution is 2.29. The topological polar surface area (TPSA) is 94.0 Å². The standard InChI is InChI=1S/C23H28N4O5/c1-3-31-23(30)18-14-21(27(24-18)17-8-5-4-6-9-17)32-15-20(28)26-13-7-10-19(26)22(29)25(2)16-11-12-16/h4-6,8-9,14,16,19H,3,7,10-13,15H2,1-2H3/t19-/m0/s1. The second-order valence-corrected chi connectivity index (χ2v) is 8.05. The molecule has 1 aliphatic heterocycles. The molecule has 9 heteroatoms. The van der Waals surface area contributed by atoms with Gasteiger partial charge in [-0.05, 0) is 44.7 Å². The molecule has 1 aromatic carbocycles. The molecule has 2 heterocycles. The summed E-state index contributed by atoms with van der Waals surface area (Å²) in [5.41, 5.74) is 0.782. The Hall–Kier alpha value is -3.36. The van der Waals surface area contributed by atoms with Gasteiger partial charge >= 0.3 is 5.97 Å². The minimum Gasteiger partial charge on any atom is -0.467 e. The van der Waals surface area contributed by atoms with Crippen LogP contribution in [0.25, 0.3) is 5.69 Å². The van der Waals surface area contributed by atoms with Crippen molar-refractivity contribution < 1.29 is 23.9 Å². The van der Waals surface area contributed by atoms with E-state index in [9.17, 15) is 14.4 Å². The van der Waals surface area contributed by atoms with Crippen LogP contribution < -0.4 is 4.74 Å². The van der Waals surface area contributed by atoms with Gasteiger partial charge in [0.1, 0.15) is 6.04 Å². The van der Waals surface area contributed by atoms with Gasteiger partial charge in [0.2, 0.25) is 11.8 Å². The number of likely N-dealkylation sites (N-methyl/N-ethyl adjacent to an activating group) is 1. The molecule has 0 radical (unpaired) electrons. The average molecular weight is 441 g/mol. The first kappa shape index (κ1) is 21.9. The molecule has 9 nitrogen and oxygen atoms in total. The number of nitrogens with zero attached hydrogens (tertiary/aromatic N) is 4. The summed E-state index contributed by atoms with van der Waals surface area (Å²) in [6.45, 7) is 2.23. The Kier molecular flexibility index (Phi) is 6.43. The van der Waals surface area contributed by atoms with Gasteiger partial charge in [-0.2, -0.15) is 5.10 Å². The van der Waals surface area contributed by atoms with E-state index < -0.39 is 12.0 Å². The molecule has 2 fully saturated rings. The molecule has 1 atom stereocenters. The van der Waals surface area contributed by atoms with E-state index in [0.29, 0.717) is 24.7 Å². The molecule has 2 aliphatic rings. The predicted molar refractivity (Wildman–Crippen MR) is 116 cm³/mol. The number of amides is 2. The van der Waals surface area contributed by atoms with E-state index in [0.717, 1.165) is 19.3 Å². The summed E-state index contributed by atoms with van der Waals surface area (Å²) in [4.78, 5) is 41.3. The van der Waals surface area contributed by atoms with Crippen LogP contribution >= 0.6 is 0 Å². The maximum atomic E-state index is 12.9. The lowest BCUT2D eigenvalue weighted by molar-refractivity contribution is -0.144. The monoisotopic (exact) mass is 440 g/mol. The summed E-state index contributed by atoms with van der Waals surface area (Å²) in [5.74, 6) is -0.572. The summed E-state index contributed by atoms with van der Waals surface area (Å²) >= 11 is 0. The molecule has 0 bridgehead atoms. The lowest BCUT2D eigenvalue weighted by Gasteiger charge is -2.28. The van der Waals surface area contributed by atoms with Gasteiger partial charge in [0.25, 0.3) is 5.91 Å². The molecule has 170 valence electrons. The van der Waals surface area contributed by atoms with Gasteiger partial charge < -0.3 is 19.3 Å². The van der Waals surface area contributed by atoms with E-state index in [4.69, 9.17) is 9.47 Å². The number of carbonyl (C=O) groups excluding carboxylic acids is 3. The van der Waals surface area contributed by atoms with Gasteiger partial charge in [-0.3, -0.25) is 9.59 Å². The van der Waals surface area contributed by atoms with Crippen LogP contribution in [0.15, 0.2) is 36.4 Å². The molecule has 2 amide bonds. The second-order valence-electron chi connectivity index (χ2n) is 8.05. The highest BCUT2D eigenvalue weighted by Gasteiger charge is 2.39. The van der Waals surface area contributed by atoms with E-state index in [1.807, 2.05) is 37.4 Å². The molecule has 1 aliphatic carbocycles. The number of hydrogen-bond donors (Lipinski definition) is 0. The third kappa shape index (κ3) is 4.61. The average Bonchev–Trinajstić information content (AvgIpc) is 3.38. The van der Waals surface area contributed by atoms with Crippen LogP contribution in [0.5, 0.6) is 5.88 Å². The van der Waals surface area contributed by atoms with Crippen LogP contribution in [0.3, 0.4) is 0 Å². The third-order valence-corrected chi connectivity index (χ3v) is 5.81. The number of carbonyl (C=O) groups is 3. The Bertz CT molecular complexity index is 986. The number of aromatic nitrogens is 2. The summed E-state index contributed by atoms with van der Waals surface area (Å²) in [6.07, 6.45) is 3.50. The quantitative estimate of drug-likeness (QED) is 0.583. The number of likely N-dealkylation sites (tertiary alicyclic amines) is 1. The van der Waals surface area contributed by atoms with Gasteiger partial charge in [0, 0.05) is 25.7 Å². The Balaban J connectivity index is 1.48. The van der Waals surface area contributed by atoms with Gasteiger partial charge in [0.15, 0.2) is 12.3 Å². The molecule has 4 rings (SSSR count). The van der Waals surface area contributed by atoms with E-state index in [-0.39, 0.29) is 36.6 Å². The minimum atomic E-state index is -0.563. The Morgan fingerprint density at radius 2 is 1.91 bits per heavy atom. The second kappa shape index (κ2) is 9.42. The van der Waals surface area contributed by atoms with Crippen molar-refractivity contribution in [1.82, 2.24) is 19.6 Å². The number of ether oxygens (including phenoxy) is 2. The van der Waals surface area contributed by atoms with Crippen LogP contribution in [-0.2, 0) is 14.3 Å². The molecule has 1 saturated carbocycles. The largest absolute Gasteiger partial charge is 0.467 e. The number of hydrogen-bond acceptors (Lipinski definition) is 6. The van der Waals surface area contributed by atoms with Crippen molar-refractivity contribution in [2.24, 2.45) is 0 Å². The summed E-state index contributed by atoms with van der Waals surface area (Å²) < 4.78 is 12.3. The van der Waals surface area contributed by atoms with E-state index in [2.05, 4.69) is 5.10 Å². The number of esters is 1. The van der Waals surface area contributed by atoms with Crippen LogP contribution in [0.2, 0.25) is 0 Å². The van der Waals surface area contributed by atoms with Gasteiger partial charge in [-0.25, -0.2) is 9.48 Å². The van der Waals surface area contributed by atoms with Gasteiger partial charge in [-0.15, -0.1) is 0 Å². The molecule has 0 unspecified atom stereocenters. The molecule has 32 heavy (non-hydrogen) atoms. The molecular formula is C23H28N4O5. The van der Waals surface area contributed by atoms with Crippen LogP contribution in [-0.4, -0.2) is 76.3 Å². The van der Waals surface area contributed by atoms with Crippen molar-refractivity contribution in [2.75, 3.05) is 26.8 Å². The fraction of sp³-hybridized carbons (Fsp3) is 0.478. The first-order chi connectivity index (χ1) is 15.5. The van der Waals surface area contributed by atoms with Crippen LogP contribution in [0.1, 0.15) is 43.1 Å². The zero-order chi connectivity index (χ0) is 22.7. The summed E-state index contributed by atoms with van der Waals surface area (Å²) in [5, 5.41) is 4.30. The fourth-order valence-corrected chi connectivity index (χ4v) is 3.94. The van der Waals surface area contributed by atoms with Crippen molar-refractivity contribution >= 4 is 17.8 Å². The molecule has 1 aromatic heterocycles. The summed E-state index contributed by atoms with van der Waals surface area (Å²) in [6, 6.07) is 10.5. The minimum absolute atomic E-state index is 0.00252. The summed E-state index contributed by atoms with van der Waals surface area (Å²) in [7, 11) is 1.81. The highest BCUT2D eigenvalue weighted by atomic mass is 16.5. The predicted octanol–water partition coefficient (Wildman–Crippen LogP) is 2.04. The Morgan fingerprint density at radius 3 is 2.59 bits per heavy atom. The first-order valence-corrected chi connectivity index (χ1v) is 11.0. The lowest BCUT2D eigenvalue weighted by atomic mass is 10.2. The van der Waals surface area contributed by atoms with Crippen molar-refractivity contribution in [3.05, 3.63) is 42.1 Å². The normalized spacial score (nSPS) is 17.8.